The number of nitriles is 2. The quantitative estimate of drug-likeness (QED) is 0.286. The average Bonchev–Trinajstić information content (AvgIpc) is 2.74. The highest BCUT2D eigenvalue weighted by molar-refractivity contribution is 7.80. The molecule has 0 fully saturated rings. The monoisotopic (exact) mass is 479 g/mol. The molecule has 13 heteroatoms. The number of benzene rings is 2. The first kappa shape index (κ1) is 24.8. The lowest BCUT2D eigenvalue weighted by Crippen LogP contribution is -2.49. The highest BCUT2D eigenvalue weighted by atomic mass is 32.1. The molecule has 1 N–H and O–H groups in total. The lowest BCUT2D eigenvalue weighted by molar-refractivity contribution is -0.139. The molecule has 2 aromatic carbocycles. The van der Waals surface area contributed by atoms with Gasteiger partial charge in [0, 0.05) is 0 Å². The Morgan fingerprint density at radius 2 is 1.53 bits per heavy atom. The lowest BCUT2D eigenvalue weighted by Gasteiger charge is -2.26. The molecule has 0 heterocycles. The van der Waals surface area contributed by atoms with Crippen LogP contribution in [0.5, 0.6) is 5.75 Å². The van der Waals surface area contributed by atoms with Crippen molar-refractivity contribution in [3.8, 4) is 17.9 Å². The van der Waals surface area contributed by atoms with Gasteiger partial charge in [0.2, 0.25) is 5.82 Å². The van der Waals surface area contributed by atoms with Gasteiger partial charge in [0.05, 0.1) is 28.8 Å². The maximum absolute atomic E-state index is 13.9. The summed E-state index contributed by atoms with van der Waals surface area (Å²) in [5, 5.41) is 20.2. The van der Waals surface area contributed by atoms with Gasteiger partial charge in [-0.05, 0) is 25.1 Å². The minimum absolute atomic E-state index is 0.321. The number of hydrogen-bond donors (Lipinski definition) is 1. The van der Waals surface area contributed by atoms with Crippen LogP contribution in [0.3, 0.4) is 0 Å². The molecule has 0 aromatic heterocycles. The van der Waals surface area contributed by atoms with Crippen molar-refractivity contribution in [2.75, 3.05) is 6.61 Å². The van der Waals surface area contributed by atoms with Gasteiger partial charge < -0.3 is 10.1 Å². The topological polar surface area (TPSA) is 68.8 Å². The van der Waals surface area contributed by atoms with Crippen molar-refractivity contribution in [1.82, 2.24) is 5.32 Å². The summed E-state index contributed by atoms with van der Waals surface area (Å²) < 4.78 is 113. The smallest absolute Gasteiger partial charge is 0.420 e. The number of ether oxygens (including phenoxy) is 1. The molecule has 0 bridgehead atoms. The molecule has 2 aromatic rings. The highest BCUT2D eigenvalue weighted by Gasteiger charge is 2.37. The van der Waals surface area contributed by atoms with Crippen LogP contribution >= 0.6 is 12.2 Å². The molecule has 168 valence electrons. The van der Waals surface area contributed by atoms with Crippen LogP contribution < -0.4 is 10.1 Å². The summed E-state index contributed by atoms with van der Waals surface area (Å²) in [6, 6.07) is 5.41. The Kier molecular flexibility index (Phi) is 6.95. The van der Waals surface area contributed by atoms with Crippen LogP contribution in [0.15, 0.2) is 18.2 Å². The Bertz CT molecular complexity index is 1140. The fraction of sp³-hybridized carbons (Fsp3) is 0.211. The minimum atomic E-state index is -4.93. The first-order valence-electron chi connectivity index (χ1n) is 8.25. The second kappa shape index (κ2) is 8.96. The Morgan fingerprint density at radius 1 is 1.00 bits per heavy atom. The summed E-state index contributed by atoms with van der Waals surface area (Å²) in [4.78, 5) is -1.07. The molecular weight excluding hydrogens is 470 g/mol. The summed E-state index contributed by atoms with van der Waals surface area (Å²) in [5.74, 6) is -12.3. The fourth-order valence-electron chi connectivity index (χ4n) is 2.38. The number of hydrogen-bond acceptors (Lipinski definition) is 4. The van der Waals surface area contributed by atoms with Gasteiger partial charge in [-0.15, -0.1) is 0 Å². The van der Waals surface area contributed by atoms with E-state index in [2.05, 4.69) is 12.2 Å². The van der Waals surface area contributed by atoms with Crippen molar-refractivity contribution >= 4 is 17.2 Å². The van der Waals surface area contributed by atoms with Gasteiger partial charge >= 0.3 is 6.18 Å². The molecule has 0 saturated heterocycles. The normalized spacial score (nSPS) is 13.0. The van der Waals surface area contributed by atoms with Gasteiger partial charge in [-0.1, -0.05) is 12.2 Å². The molecule has 4 nitrogen and oxygen atoms in total. The maximum atomic E-state index is 13.9. The zero-order chi connectivity index (χ0) is 24.4. The van der Waals surface area contributed by atoms with Gasteiger partial charge in [-0.2, -0.15) is 23.7 Å². The third kappa shape index (κ3) is 4.89. The number of halogens is 8. The van der Waals surface area contributed by atoms with Crippen LogP contribution in [-0.2, 0) is 6.18 Å². The number of nitrogens with zero attached hydrogens (tertiary/aromatic N) is 2. The van der Waals surface area contributed by atoms with Crippen molar-refractivity contribution < 1.29 is 39.9 Å². The molecule has 0 amide bonds. The first-order chi connectivity index (χ1) is 14.8. The molecule has 0 radical (unpaired) electrons. The second-order valence-corrected chi connectivity index (χ2v) is 6.86. The third-order valence-electron chi connectivity index (χ3n) is 4.00. The maximum Gasteiger partial charge on any atom is 0.420 e. The Morgan fingerprint density at radius 3 is 2.00 bits per heavy atom. The molecule has 0 unspecified atom stereocenters. The predicted molar refractivity (Wildman–Crippen MR) is 96.7 cm³/mol. The largest absolute Gasteiger partial charge is 0.489 e. The number of alkyl halides is 3. The Hall–Kier alpha value is -3.45. The van der Waals surface area contributed by atoms with E-state index in [1.54, 1.807) is 6.07 Å². The number of thiocarbonyl (C=S) groups is 1. The molecule has 1 atom stereocenters. The van der Waals surface area contributed by atoms with Crippen LogP contribution in [0.25, 0.3) is 0 Å². The van der Waals surface area contributed by atoms with Gasteiger partial charge in [-0.3, -0.25) is 0 Å². The SMILES string of the molecule is C[C@@](C#N)(COc1ccc(C#N)cc1C(F)(F)F)NC(=S)c1c(F)c(F)c(F)c(F)c1F. The van der Waals surface area contributed by atoms with E-state index in [9.17, 15) is 40.4 Å². The van der Waals surface area contributed by atoms with E-state index in [1.807, 2.05) is 5.32 Å². The molecule has 2 rings (SSSR count). The van der Waals surface area contributed by atoms with E-state index in [4.69, 9.17) is 10.00 Å². The average molecular weight is 479 g/mol. The van der Waals surface area contributed by atoms with E-state index in [0.29, 0.717) is 6.07 Å². The van der Waals surface area contributed by atoms with Crippen LogP contribution in [-0.4, -0.2) is 17.1 Å². The molecule has 0 spiro atoms. The Labute approximate surface area is 180 Å². The Balaban J connectivity index is 2.34. The summed E-state index contributed by atoms with van der Waals surface area (Å²) in [6.45, 7) is 0.107. The van der Waals surface area contributed by atoms with Crippen molar-refractivity contribution in [3.05, 3.63) is 64.0 Å². The summed E-state index contributed by atoms with van der Waals surface area (Å²) in [5.41, 5.74) is -5.24. The van der Waals surface area contributed by atoms with Gasteiger partial charge in [0.25, 0.3) is 0 Å². The van der Waals surface area contributed by atoms with Crippen LogP contribution in [0.2, 0.25) is 0 Å². The lowest BCUT2D eigenvalue weighted by atomic mass is 10.0. The molecule has 0 aliphatic heterocycles. The predicted octanol–water partition coefficient (Wildman–Crippen LogP) is 4.90. The third-order valence-corrected chi connectivity index (χ3v) is 4.31. The number of rotatable bonds is 5. The van der Waals surface area contributed by atoms with Crippen LogP contribution in [0.4, 0.5) is 35.1 Å². The van der Waals surface area contributed by atoms with Gasteiger partial charge in [0.1, 0.15) is 17.3 Å². The molecule has 0 aliphatic rings. The van der Waals surface area contributed by atoms with Gasteiger partial charge in [0.15, 0.2) is 28.8 Å². The van der Waals surface area contributed by atoms with Gasteiger partial charge in [-0.25, -0.2) is 22.0 Å². The zero-order valence-corrected chi connectivity index (χ0v) is 16.5. The van der Waals surface area contributed by atoms with E-state index in [-0.39, 0.29) is 5.56 Å². The summed E-state index contributed by atoms with van der Waals surface area (Å²) >= 11 is 4.65. The van der Waals surface area contributed by atoms with Crippen LogP contribution in [0, 0.1) is 51.7 Å². The van der Waals surface area contributed by atoms with Crippen molar-refractivity contribution in [3.63, 3.8) is 0 Å². The zero-order valence-electron chi connectivity index (χ0n) is 15.7. The van der Waals surface area contributed by atoms with Crippen molar-refractivity contribution in [2.45, 2.75) is 18.6 Å². The fourth-order valence-corrected chi connectivity index (χ4v) is 2.79. The van der Waals surface area contributed by atoms with Crippen molar-refractivity contribution in [1.29, 1.82) is 10.5 Å². The van der Waals surface area contributed by atoms with Crippen molar-refractivity contribution in [2.24, 2.45) is 0 Å². The minimum Gasteiger partial charge on any atom is -0.489 e. The first-order valence-corrected chi connectivity index (χ1v) is 8.66. The van der Waals surface area contributed by atoms with Crippen LogP contribution in [0.1, 0.15) is 23.6 Å². The summed E-state index contributed by atoms with van der Waals surface area (Å²) in [7, 11) is 0. The van der Waals surface area contributed by atoms with E-state index in [1.165, 1.54) is 6.07 Å². The van der Waals surface area contributed by atoms with E-state index >= 15 is 0 Å². The number of nitrogens with one attached hydrogen (secondary N) is 1. The second-order valence-electron chi connectivity index (χ2n) is 6.45. The summed E-state index contributed by atoms with van der Waals surface area (Å²) in [6.07, 6.45) is -4.93. The highest BCUT2D eigenvalue weighted by Crippen LogP contribution is 2.37. The molecule has 0 aliphatic carbocycles. The molecule has 0 saturated carbocycles. The van der Waals surface area contributed by atoms with E-state index in [0.717, 1.165) is 19.1 Å². The standard InChI is InChI=1S/C19H9F8N3OS/c1-18(6-29,7-31-10-3-2-8(5-28)4-9(10)19(25,26)27)30-17(32)11-12(20)14(22)16(24)15(23)13(11)21/h2-4H,7H2,1H3,(H,30,32)/t18-/m1/s1. The molecular formula is C19H9F8N3OS. The molecule has 32 heavy (non-hydrogen) atoms. The van der Waals surface area contributed by atoms with E-state index < -0.39 is 69.3 Å².